The molecule has 0 unspecified atom stereocenters. The quantitative estimate of drug-likeness (QED) is 0.683. The third kappa shape index (κ3) is 5.28. The van der Waals surface area contributed by atoms with Gasteiger partial charge in [-0.1, -0.05) is 31.2 Å². The van der Waals surface area contributed by atoms with Crippen LogP contribution >= 0.6 is 0 Å². The zero-order chi connectivity index (χ0) is 21.5. The number of carbonyl (C=O) groups is 2. The van der Waals surface area contributed by atoms with Gasteiger partial charge >= 0.3 is 0 Å². The van der Waals surface area contributed by atoms with Gasteiger partial charge in [-0.15, -0.1) is 0 Å². The van der Waals surface area contributed by atoms with E-state index in [1.54, 1.807) is 25.1 Å². The van der Waals surface area contributed by atoms with Crippen molar-refractivity contribution in [3.63, 3.8) is 0 Å². The highest BCUT2D eigenvalue weighted by molar-refractivity contribution is 5.87. The average Bonchev–Trinajstić information content (AvgIpc) is 3.22. The molecule has 160 valence electrons. The second-order valence-electron chi connectivity index (χ2n) is 7.27. The summed E-state index contributed by atoms with van der Waals surface area (Å²) >= 11 is 0. The average molecular weight is 414 g/mol. The molecule has 3 rings (SSSR count). The van der Waals surface area contributed by atoms with Gasteiger partial charge in [-0.05, 0) is 43.5 Å². The Balaban J connectivity index is 1.71. The molecule has 6 nitrogen and oxygen atoms in total. The molecule has 2 amide bonds. The van der Waals surface area contributed by atoms with Gasteiger partial charge in [0, 0.05) is 25.1 Å². The Hall–Kier alpha value is -3.09. The number of hydrogen-bond donors (Lipinski definition) is 1. The number of rotatable bonds is 9. The topological polar surface area (TPSA) is 67.9 Å². The van der Waals surface area contributed by atoms with Gasteiger partial charge in [0.05, 0.1) is 0 Å². The Morgan fingerprint density at radius 2 is 1.93 bits per heavy atom. The first-order chi connectivity index (χ1) is 14.5. The van der Waals surface area contributed by atoms with E-state index in [2.05, 4.69) is 5.32 Å². The first-order valence-corrected chi connectivity index (χ1v) is 10.2. The molecule has 0 spiro atoms. The van der Waals surface area contributed by atoms with Crippen molar-refractivity contribution >= 4 is 11.8 Å². The van der Waals surface area contributed by atoms with Crippen molar-refractivity contribution in [1.82, 2.24) is 10.2 Å². The van der Waals surface area contributed by atoms with Crippen LogP contribution in [0.25, 0.3) is 0 Å². The summed E-state index contributed by atoms with van der Waals surface area (Å²) in [7, 11) is 0. The molecule has 0 bridgehead atoms. The SMILES string of the molecule is CCCNC(=O)[C@@H](C)N(Cc1ccccc1F)C(=O)CCc1ccc2c(c1)OCO2. The number of amides is 2. The first-order valence-electron chi connectivity index (χ1n) is 10.2. The highest BCUT2D eigenvalue weighted by Crippen LogP contribution is 2.32. The first kappa shape index (κ1) is 21.6. The van der Waals surface area contributed by atoms with Gasteiger partial charge < -0.3 is 19.7 Å². The number of fused-ring (bicyclic) bond motifs is 1. The predicted molar refractivity (Wildman–Crippen MR) is 111 cm³/mol. The van der Waals surface area contributed by atoms with E-state index in [1.165, 1.54) is 11.0 Å². The second kappa shape index (κ2) is 10.1. The van der Waals surface area contributed by atoms with E-state index in [9.17, 15) is 14.0 Å². The molecule has 0 aromatic heterocycles. The third-order valence-electron chi connectivity index (χ3n) is 5.08. The smallest absolute Gasteiger partial charge is 0.242 e. The predicted octanol–water partition coefficient (Wildman–Crippen LogP) is 3.43. The molecule has 1 heterocycles. The molecule has 0 saturated carbocycles. The molecule has 1 aliphatic heterocycles. The Morgan fingerprint density at radius 1 is 1.17 bits per heavy atom. The number of carbonyl (C=O) groups excluding carboxylic acids is 2. The molecule has 2 aromatic carbocycles. The molecule has 30 heavy (non-hydrogen) atoms. The normalized spacial score (nSPS) is 13.0. The highest BCUT2D eigenvalue weighted by atomic mass is 19.1. The lowest BCUT2D eigenvalue weighted by atomic mass is 10.1. The van der Waals surface area contributed by atoms with Gasteiger partial charge in [0.25, 0.3) is 0 Å². The van der Waals surface area contributed by atoms with E-state index in [4.69, 9.17) is 9.47 Å². The maximum atomic E-state index is 14.2. The zero-order valence-corrected chi connectivity index (χ0v) is 17.3. The van der Waals surface area contributed by atoms with E-state index in [1.807, 2.05) is 25.1 Å². The standard InChI is InChI=1S/C23H27FN2O4/c1-3-12-25-23(28)16(2)26(14-18-6-4-5-7-19(18)24)22(27)11-9-17-8-10-20-21(13-17)30-15-29-20/h4-8,10,13,16H,3,9,11-12,14-15H2,1-2H3,(H,25,28)/t16-/m1/s1. The molecule has 0 saturated heterocycles. The maximum absolute atomic E-state index is 14.2. The van der Waals surface area contributed by atoms with Crippen molar-refractivity contribution in [2.75, 3.05) is 13.3 Å². The summed E-state index contributed by atoms with van der Waals surface area (Å²) < 4.78 is 24.9. The van der Waals surface area contributed by atoms with Gasteiger partial charge in [0.2, 0.25) is 18.6 Å². The molecule has 1 N–H and O–H groups in total. The summed E-state index contributed by atoms with van der Waals surface area (Å²) in [5.74, 6) is 0.495. The van der Waals surface area contributed by atoms with Gasteiger partial charge in [-0.3, -0.25) is 9.59 Å². The number of nitrogens with zero attached hydrogens (tertiary/aromatic N) is 1. The Kier molecular flexibility index (Phi) is 7.27. The number of benzene rings is 2. The summed E-state index contributed by atoms with van der Waals surface area (Å²) in [6.07, 6.45) is 1.47. The fraction of sp³-hybridized carbons (Fsp3) is 0.391. The van der Waals surface area contributed by atoms with Crippen LogP contribution in [-0.4, -0.2) is 36.1 Å². The summed E-state index contributed by atoms with van der Waals surface area (Å²) in [6.45, 7) is 4.39. The zero-order valence-electron chi connectivity index (χ0n) is 17.3. The molecule has 1 aliphatic rings. The van der Waals surface area contributed by atoms with Crippen LogP contribution < -0.4 is 14.8 Å². The fourth-order valence-corrected chi connectivity index (χ4v) is 3.28. The maximum Gasteiger partial charge on any atom is 0.242 e. The Morgan fingerprint density at radius 3 is 2.70 bits per heavy atom. The molecular formula is C23H27FN2O4. The summed E-state index contributed by atoms with van der Waals surface area (Å²) in [5, 5.41) is 2.81. The lowest BCUT2D eigenvalue weighted by molar-refractivity contribution is -0.140. The second-order valence-corrected chi connectivity index (χ2v) is 7.27. The highest BCUT2D eigenvalue weighted by Gasteiger charge is 2.26. The number of nitrogens with one attached hydrogen (secondary N) is 1. The van der Waals surface area contributed by atoms with Crippen LogP contribution in [0.3, 0.4) is 0 Å². The van der Waals surface area contributed by atoms with Crippen molar-refractivity contribution in [3.8, 4) is 11.5 Å². The minimum absolute atomic E-state index is 0.0351. The molecule has 7 heteroatoms. The van der Waals surface area contributed by atoms with Crippen molar-refractivity contribution in [3.05, 3.63) is 59.4 Å². The van der Waals surface area contributed by atoms with Crippen molar-refractivity contribution in [2.45, 2.75) is 45.7 Å². The fourth-order valence-electron chi connectivity index (χ4n) is 3.28. The number of ether oxygens (including phenoxy) is 2. The summed E-state index contributed by atoms with van der Waals surface area (Å²) in [4.78, 5) is 27.0. The number of hydrogen-bond acceptors (Lipinski definition) is 4. The summed E-state index contributed by atoms with van der Waals surface area (Å²) in [5.41, 5.74) is 1.31. The monoisotopic (exact) mass is 414 g/mol. The van der Waals surface area contributed by atoms with Crippen LogP contribution in [0.2, 0.25) is 0 Å². The van der Waals surface area contributed by atoms with Crippen LogP contribution in [0, 0.1) is 5.82 Å². The largest absolute Gasteiger partial charge is 0.454 e. The minimum Gasteiger partial charge on any atom is -0.454 e. The summed E-state index contributed by atoms with van der Waals surface area (Å²) in [6, 6.07) is 11.2. The van der Waals surface area contributed by atoms with Crippen LogP contribution in [0.1, 0.15) is 37.8 Å². The Bertz CT molecular complexity index is 903. The lowest BCUT2D eigenvalue weighted by Crippen LogP contribution is -2.47. The van der Waals surface area contributed by atoms with Gasteiger partial charge in [-0.2, -0.15) is 0 Å². The van der Waals surface area contributed by atoms with Gasteiger partial charge in [0.1, 0.15) is 11.9 Å². The van der Waals surface area contributed by atoms with Crippen molar-refractivity contribution < 1.29 is 23.5 Å². The Labute approximate surface area is 176 Å². The van der Waals surface area contributed by atoms with E-state index >= 15 is 0 Å². The van der Waals surface area contributed by atoms with Gasteiger partial charge in [0.15, 0.2) is 11.5 Å². The molecule has 2 aromatic rings. The van der Waals surface area contributed by atoms with Crippen LogP contribution in [0.15, 0.2) is 42.5 Å². The third-order valence-corrected chi connectivity index (χ3v) is 5.08. The lowest BCUT2D eigenvalue weighted by Gasteiger charge is -2.29. The van der Waals surface area contributed by atoms with E-state index < -0.39 is 11.9 Å². The van der Waals surface area contributed by atoms with E-state index in [0.29, 0.717) is 30.0 Å². The molecule has 0 radical (unpaired) electrons. The van der Waals surface area contributed by atoms with Crippen molar-refractivity contribution in [2.24, 2.45) is 0 Å². The molecule has 0 aliphatic carbocycles. The van der Waals surface area contributed by atoms with Crippen LogP contribution in [0.5, 0.6) is 11.5 Å². The van der Waals surface area contributed by atoms with Crippen molar-refractivity contribution in [1.29, 1.82) is 0 Å². The molecule has 1 atom stereocenters. The van der Waals surface area contributed by atoms with Crippen LogP contribution in [0.4, 0.5) is 4.39 Å². The van der Waals surface area contributed by atoms with Crippen LogP contribution in [-0.2, 0) is 22.6 Å². The number of aryl methyl sites for hydroxylation is 1. The number of halogens is 1. The van der Waals surface area contributed by atoms with Gasteiger partial charge in [-0.25, -0.2) is 4.39 Å². The minimum atomic E-state index is -0.708. The van der Waals surface area contributed by atoms with E-state index in [0.717, 1.165) is 12.0 Å². The molecule has 0 fully saturated rings. The van der Waals surface area contributed by atoms with E-state index in [-0.39, 0.29) is 31.6 Å². The molecular weight excluding hydrogens is 387 g/mol.